The topological polar surface area (TPSA) is 61.5 Å². The van der Waals surface area contributed by atoms with Crippen molar-refractivity contribution in [2.24, 2.45) is 0 Å². The molecule has 1 aromatic carbocycles. The van der Waals surface area contributed by atoms with Crippen LogP contribution in [0.15, 0.2) is 18.2 Å². The molecule has 1 rings (SSSR count). The summed E-state index contributed by atoms with van der Waals surface area (Å²) in [6, 6.07) is 4.33. The molecule has 2 N–H and O–H groups in total. The number of nitrogen functional groups attached to an aromatic ring is 1. The lowest BCUT2D eigenvalue weighted by atomic mass is 10.2. The highest BCUT2D eigenvalue weighted by molar-refractivity contribution is 5.95. The van der Waals surface area contributed by atoms with Crippen molar-refractivity contribution in [3.05, 3.63) is 23.8 Å². The molecule has 88 valence electrons. The predicted octanol–water partition coefficient (Wildman–Crippen LogP) is 1.70. The molecule has 16 heavy (non-hydrogen) atoms. The van der Waals surface area contributed by atoms with Gasteiger partial charge in [-0.25, -0.2) is 13.6 Å². The third kappa shape index (κ3) is 3.08. The van der Waals surface area contributed by atoms with Crippen molar-refractivity contribution < 1.29 is 23.0 Å². The summed E-state index contributed by atoms with van der Waals surface area (Å²) >= 11 is 0. The van der Waals surface area contributed by atoms with Crippen LogP contribution >= 0.6 is 0 Å². The number of alkyl halides is 2. The maximum atomic E-state index is 11.8. The summed E-state index contributed by atoms with van der Waals surface area (Å²) < 4.78 is 32.9. The van der Waals surface area contributed by atoms with Crippen LogP contribution in [0, 0.1) is 0 Å². The number of methoxy groups -OCH3 is 1. The van der Waals surface area contributed by atoms with Gasteiger partial charge < -0.3 is 15.2 Å². The molecule has 0 spiro atoms. The average molecular weight is 231 g/mol. The van der Waals surface area contributed by atoms with Gasteiger partial charge in [0.25, 0.3) is 6.43 Å². The molecule has 0 bridgehead atoms. The monoisotopic (exact) mass is 231 g/mol. The number of anilines is 1. The molecular formula is C10H11F2NO3. The minimum atomic E-state index is -2.70. The third-order valence-corrected chi connectivity index (χ3v) is 1.82. The fourth-order valence-corrected chi connectivity index (χ4v) is 1.06. The lowest BCUT2D eigenvalue weighted by molar-refractivity contribution is 0.0160. The fourth-order valence-electron chi connectivity index (χ4n) is 1.06. The van der Waals surface area contributed by atoms with Gasteiger partial charge in [0.2, 0.25) is 0 Å². The molecule has 6 heteroatoms. The summed E-state index contributed by atoms with van der Waals surface area (Å²) in [4.78, 5) is 11.3. The van der Waals surface area contributed by atoms with Crippen molar-refractivity contribution in [1.29, 1.82) is 0 Å². The molecule has 0 aliphatic heterocycles. The second-order valence-electron chi connectivity index (χ2n) is 2.94. The number of carbonyl (C=O) groups excluding carboxylic acids is 1. The van der Waals surface area contributed by atoms with E-state index < -0.39 is 19.0 Å². The second-order valence-corrected chi connectivity index (χ2v) is 2.94. The first-order valence-electron chi connectivity index (χ1n) is 4.43. The van der Waals surface area contributed by atoms with Crippen LogP contribution in [0.2, 0.25) is 0 Å². The van der Waals surface area contributed by atoms with Crippen LogP contribution in [0.25, 0.3) is 0 Å². The molecule has 0 saturated heterocycles. The zero-order valence-electron chi connectivity index (χ0n) is 8.57. The van der Waals surface area contributed by atoms with E-state index in [4.69, 9.17) is 10.5 Å². The van der Waals surface area contributed by atoms with Crippen LogP contribution in [-0.4, -0.2) is 26.1 Å². The zero-order valence-corrected chi connectivity index (χ0v) is 8.57. The normalized spacial score (nSPS) is 10.2. The molecule has 0 amide bonds. The van der Waals surface area contributed by atoms with Gasteiger partial charge in [0.15, 0.2) is 6.61 Å². The molecular weight excluding hydrogens is 220 g/mol. The van der Waals surface area contributed by atoms with Crippen molar-refractivity contribution in [1.82, 2.24) is 0 Å². The molecule has 0 fully saturated rings. The number of hydrogen-bond acceptors (Lipinski definition) is 4. The predicted molar refractivity (Wildman–Crippen MR) is 53.7 cm³/mol. The first-order chi connectivity index (χ1) is 7.54. The first kappa shape index (κ1) is 12.2. The van der Waals surface area contributed by atoms with Gasteiger partial charge in [-0.2, -0.15) is 0 Å². The van der Waals surface area contributed by atoms with Gasteiger partial charge in [-0.3, -0.25) is 0 Å². The third-order valence-electron chi connectivity index (χ3n) is 1.82. The van der Waals surface area contributed by atoms with Crippen LogP contribution in [0.5, 0.6) is 5.75 Å². The Labute approximate surface area is 91.0 Å². The number of rotatable bonds is 4. The van der Waals surface area contributed by atoms with Crippen molar-refractivity contribution in [3.8, 4) is 5.75 Å². The van der Waals surface area contributed by atoms with Crippen LogP contribution < -0.4 is 10.5 Å². The van der Waals surface area contributed by atoms with Gasteiger partial charge >= 0.3 is 5.97 Å². The lowest BCUT2D eigenvalue weighted by Crippen LogP contribution is -2.13. The van der Waals surface area contributed by atoms with E-state index in [-0.39, 0.29) is 11.3 Å². The maximum Gasteiger partial charge on any atom is 0.340 e. The van der Waals surface area contributed by atoms with Crippen molar-refractivity contribution in [2.45, 2.75) is 6.43 Å². The average Bonchev–Trinajstić information content (AvgIpc) is 2.26. The van der Waals surface area contributed by atoms with Crippen LogP contribution in [0.1, 0.15) is 10.4 Å². The Kier molecular flexibility index (Phi) is 4.04. The van der Waals surface area contributed by atoms with E-state index >= 15 is 0 Å². The molecule has 1 aromatic rings. The summed E-state index contributed by atoms with van der Waals surface area (Å²) in [5.41, 5.74) is 5.67. The summed E-state index contributed by atoms with van der Waals surface area (Å²) in [7, 11) is 1.42. The van der Waals surface area contributed by atoms with E-state index in [1.54, 1.807) is 6.07 Å². The summed E-state index contributed by atoms with van der Waals surface area (Å²) in [5, 5.41) is 0. The van der Waals surface area contributed by atoms with Gasteiger partial charge in [-0.05, 0) is 18.2 Å². The zero-order chi connectivity index (χ0) is 12.1. The molecule has 0 unspecified atom stereocenters. The van der Waals surface area contributed by atoms with Crippen molar-refractivity contribution >= 4 is 11.7 Å². The lowest BCUT2D eigenvalue weighted by Gasteiger charge is -2.08. The number of benzene rings is 1. The molecule has 0 aliphatic rings. The standard InChI is InChI=1S/C10H11F2NO3/c1-15-6-2-3-8(13)7(4-6)10(14)16-5-9(11)12/h2-4,9H,5,13H2,1H3. The Morgan fingerprint density at radius 3 is 2.75 bits per heavy atom. The summed E-state index contributed by atoms with van der Waals surface area (Å²) in [5.74, 6) is -0.491. The van der Waals surface area contributed by atoms with Crippen LogP contribution in [-0.2, 0) is 4.74 Å². The van der Waals surface area contributed by atoms with E-state index in [1.807, 2.05) is 0 Å². The molecule has 0 aromatic heterocycles. The number of hydrogen-bond donors (Lipinski definition) is 1. The van der Waals surface area contributed by atoms with Gasteiger partial charge in [0, 0.05) is 5.69 Å². The molecule has 0 atom stereocenters. The van der Waals surface area contributed by atoms with E-state index in [2.05, 4.69) is 4.74 Å². The van der Waals surface area contributed by atoms with Gasteiger partial charge in [-0.15, -0.1) is 0 Å². The summed E-state index contributed by atoms with van der Waals surface area (Å²) in [6.07, 6.45) is -2.70. The van der Waals surface area contributed by atoms with Crippen molar-refractivity contribution in [2.75, 3.05) is 19.5 Å². The Morgan fingerprint density at radius 2 is 2.19 bits per heavy atom. The van der Waals surface area contributed by atoms with Gasteiger partial charge in [-0.1, -0.05) is 0 Å². The Morgan fingerprint density at radius 1 is 1.50 bits per heavy atom. The highest BCUT2D eigenvalue weighted by Gasteiger charge is 2.14. The largest absolute Gasteiger partial charge is 0.497 e. The maximum absolute atomic E-state index is 11.8. The second kappa shape index (κ2) is 5.29. The quantitative estimate of drug-likeness (QED) is 0.632. The van der Waals surface area contributed by atoms with E-state index in [1.165, 1.54) is 19.2 Å². The minimum absolute atomic E-state index is 0.0139. The van der Waals surface area contributed by atoms with Crippen LogP contribution in [0.4, 0.5) is 14.5 Å². The molecule has 0 heterocycles. The molecule has 0 aliphatic carbocycles. The SMILES string of the molecule is COc1ccc(N)c(C(=O)OCC(F)F)c1. The van der Waals surface area contributed by atoms with Crippen molar-refractivity contribution in [3.63, 3.8) is 0 Å². The smallest absolute Gasteiger partial charge is 0.340 e. The minimum Gasteiger partial charge on any atom is -0.497 e. The number of ether oxygens (including phenoxy) is 2. The van der Waals surface area contributed by atoms with Gasteiger partial charge in [0.1, 0.15) is 5.75 Å². The van der Waals surface area contributed by atoms with E-state index in [0.29, 0.717) is 5.75 Å². The number of carbonyl (C=O) groups is 1. The summed E-state index contributed by atoms with van der Waals surface area (Å²) in [6.45, 7) is -0.949. The molecule has 0 saturated carbocycles. The molecule has 0 radical (unpaired) electrons. The van der Waals surface area contributed by atoms with E-state index in [9.17, 15) is 13.6 Å². The fraction of sp³-hybridized carbons (Fsp3) is 0.300. The number of nitrogens with two attached hydrogens (primary N) is 1. The Balaban J connectivity index is 2.81. The molecule has 4 nitrogen and oxygen atoms in total. The van der Waals surface area contributed by atoms with E-state index in [0.717, 1.165) is 0 Å². The number of halogens is 2. The highest BCUT2D eigenvalue weighted by atomic mass is 19.3. The Hall–Kier alpha value is -1.85. The Bertz CT molecular complexity index is 382. The van der Waals surface area contributed by atoms with Gasteiger partial charge in [0.05, 0.1) is 12.7 Å². The first-order valence-corrected chi connectivity index (χ1v) is 4.43. The highest BCUT2D eigenvalue weighted by Crippen LogP contribution is 2.20. The number of esters is 1. The van der Waals surface area contributed by atoms with Crippen LogP contribution in [0.3, 0.4) is 0 Å².